The van der Waals surface area contributed by atoms with Crippen molar-refractivity contribution < 1.29 is 22.7 Å². The number of nitrogens with one attached hydrogen (secondary N) is 1. The molecule has 2 amide bonds. The van der Waals surface area contributed by atoms with E-state index in [9.17, 15) is 18.0 Å². The molecule has 0 unspecified atom stereocenters. The highest BCUT2D eigenvalue weighted by Gasteiger charge is 2.20. The highest BCUT2D eigenvalue weighted by molar-refractivity contribution is 8.11. The number of carbonyl (C=O) groups is 2. The average Bonchev–Trinajstić information content (AvgIpc) is 2.48. The Bertz CT molecular complexity index is 710. The Morgan fingerprint density at radius 3 is 2.61 bits per heavy atom. The molecule has 0 heterocycles. The average molecular weight is 359 g/mol. The molecule has 1 N–H and O–H groups in total. The van der Waals surface area contributed by atoms with E-state index in [0.29, 0.717) is 5.56 Å². The predicted octanol–water partition coefficient (Wildman–Crippen LogP) is 1.77. The van der Waals surface area contributed by atoms with Crippen LogP contribution in [0.4, 0.5) is 10.5 Å². The number of imide groups is 1. The van der Waals surface area contributed by atoms with Crippen LogP contribution in [0, 0.1) is 0 Å². The lowest BCUT2D eigenvalue weighted by Gasteiger charge is -2.18. The number of likely N-dealkylation sites (N-methyl/N-ethyl adjacent to an activating group) is 1. The van der Waals surface area contributed by atoms with Crippen LogP contribution in [0.25, 0.3) is 0 Å². The molecule has 0 radical (unpaired) electrons. The van der Waals surface area contributed by atoms with Crippen LogP contribution in [0.1, 0.15) is 12.5 Å². The maximum atomic E-state index is 12.2. The summed E-state index contributed by atoms with van der Waals surface area (Å²) < 4.78 is 32.5. The van der Waals surface area contributed by atoms with Crippen molar-refractivity contribution in [2.75, 3.05) is 20.7 Å². The molecule has 0 aliphatic carbocycles. The number of methoxy groups -OCH3 is 1. The standard InChI is InChI=1S/C13H17N3O5S2/c1-4-16(13(18)22-14-2)12(17)8-9-5-6-11(21-3)10(7-9)15-23(19)20/h5-7,14H,4,8H2,1-3H3. The van der Waals surface area contributed by atoms with E-state index in [1.54, 1.807) is 20.0 Å². The van der Waals surface area contributed by atoms with Crippen molar-refractivity contribution in [1.82, 2.24) is 9.62 Å². The molecule has 1 aromatic carbocycles. The van der Waals surface area contributed by atoms with E-state index in [2.05, 4.69) is 9.08 Å². The fourth-order valence-electron chi connectivity index (χ4n) is 1.82. The van der Waals surface area contributed by atoms with Gasteiger partial charge in [0.2, 0.25) is 5.91 Å². The molecule has 0 bridgehead atoms. The van der Waals surface area contributed by atoms with E-state index < -0.39 is 15.7 Å². The van der Waals surface area contributed by atoms with Gasteiger partial charge in [0.1, 0.15) is 11.4 Å². The maximum Gasteiger partial charge on any atom is 0.316 e. The molecule has 126 valence electrons. The Labute approximate surface area is 140 Å². The molecule has 0 aliphatic heterocycles. The molecule has 8 nitrogen and oxygen atoms in total. The first-order chi connectivity index (χ1) is 10.9. The normalized spacial score (nSPS) is 10.0. The third-order valence-corrected chi connectivity index (χ3v) is 3.74. The lowest BCUT2D eigenvalue weighted by atomic mass is 10.1. The van der Waals surface area contributed by atoms with Crippen LogP contribution >= 0.6 is 11.9 Å². The second-order valence-electron chi connectivity index (χ2n) is 4.20. The Hall–Kier alpha value is -1.91. The van der Waals surface area contributed by atoms with Crippen molar-refractivity contribution in [3.8, 4) is 5.75 Å². The molecule has 0 atom stereocenters. The molecule has 0 saturated heterocycles. The van der Waals surface area contributed by atoms with Crippen molar-refractivity contribution in [1.29, 1.82) is 0 Å². The van der Waals surface area contributed by atoms with Gasteiger partial charge in [-0.05, 0) is 31.7 Å². The van der Waals surface area contributed by atoms with Gasteiger partial charge < -0.3 is 4.74 Å². The summed E-state index contributed by atoms with van der Waals surface area (Å²) in [5.41, 5.74) is 0.630. The first-order valence-electron chi connectivity index (χ1n) is 6.58. The van der Waals surface area contributed by atoms with Crippen molar-refractivity contribution in [3.05, 3.63) is 23.8 Å². The third kappa shape index (κ3) is 5.66. The van der Waals surface area contributed by atoms with Gasteiger partial charge in [-0.1, -0.05) is 6.07 Å². The molecule has 10 heteroatoms. The van der Waals surface area contributed by atoms with Gasteiger partial charge in [-0.25, -0.2) is 0 Å². The van der Waals surface area contributed by atoms with Crippen molar-refractivity contribution in [2.45, 2.75) is 13.3 Å². The van der Waals surface area contributed by atoms with Crippen molar-refractivity contribution in [3.63, 3.8) is 0 Å². The fraction of sp³-hybridized carbons (Fsp3) is 0.385. The zero-order valence-corrected chi connectivity index (χ0v) is 14.5. The number of hydrogen-bond donors (Lipinski definition) is 1. The third-order valence-electron chi connectivity index (χ3n) is 2.80. The number of hydrogen-bond acceptors (Lipinski definition) is 8. The quantitative estimate of drug-likeness (QED) is 0.772. The van der Waals surface area contributed by atoms with Crippen molar-refractivity contribution in [2.24, 2.45) is 4.36 Å². The van der Waals surface area contributed by atoms with Crippen LogP contribution in [-0.2, 0) is 21.7 Å². The first kappa shape index (κ1) is 19.1. The first-order valence-corrected chi connectivity index (χ1v) is 8.43. The second kappa shape index (κ2) is 9.28. The highest BCUT2D eigenvalue weighted by atomic mass is 32.2. The van der Waals surface area contributed by atoms with Crippen LogP contribution in [0.15, 0.2) is 22.6 Å². The Morgan fingerprint density at radius 1 is 1.39 bits per heavy atom. The monoisotopic (exact) mass is 359 g/mol. The molecule has 0 aliphatic rings. The van der Waals surface area contributed by atoms with Crippen LogP contribution in [0.3, 0.4) is 0 Å². The minimum atomic E-state index is -2.64. The largest absolute Gasteiger partial charge is 0.494 e. The topological polar surface area (TPSA) is 105 Å². The van der Waals surface area contributed by atoms with Gasteiger partial charge in [0.15, 0.2) is 0 Å². The Morgan fingerprint density at radius 2 is 2.09 bits per heavy atom. The summed E-state index contributed by atoms with van der Waals surface area (Å²) in [5, 5.41) is -0.404. The summed E-state index contributed by atoms with van der Waals surface area (Å²) in [6, 6.07) is 4.58. The SMILES string of the molecule is CCN(C(=O)Cc1ccc(OC)c(N=S(=O)=O)c1)C(=O)SNC. The van der Waals surface area contributed by atoms with Gasteiger partial charge in [0.25, 0.3) is 0 Å². The summed E-state index contributed by atoms with van der Waals surface area (Å²) >= 11 is 0.817. The predicted molar refractivity (Wildman–Crippen MR) is 87.1 cm³/mol. The van der Waals surface area contributed by atoms with Crippen LogP contribution in [0.2, 0.25) is 0 Å². The number of nitrogens with zero attached hydrogens (tertiary/aromatic N) is 2. The smallest absolute Gasteiger partial charge is 0.316 e. The van der Waals surface area contributed by atoms with Crippen LogP contribution in [0.5, 0.6) is 5.75 Å². The number of rotatable bonds is 6. The van der Waals surface area contributed by atoms with Gasteiger partial charge in [0.05, 0.1) is 13.5 Å². The summed E-state index contributed by atoms with van der Waals surface area (Å²) in [7, 11) is 0.337. The summed E-state index contributed by atoms with van der Waals surface area (Å²) in [6.45, 7) is 1.94. The van der Waals surface area contributed by atoms with Gasteiger partial charge in [-0.2, -0.15) is 8.42 Å². The van der Waals surface area contributed by atoms with E-state index in [0.717, 1.165) is 16.8 Å². The van der Waals surface area contributed by atoms with Gasteiger partial charge in [0, 0.05) is 18.5 Å². The van der Waals surface area contributed by atoms with Gasteiger partial charge in [-0.3, -0.25) is 19.2 Å². The molecular formula is C13H17N3O5S2. The van der Waals surface area contributed by atoms with E-state index >= 15 is 0 Å². The Balaban J connectivity index is 3.02. The van der Waals surface area contributed by atoms with E-state index in [-0.39, 0.29) is 30.3 Å². The highest BCUT2D eigenvalue weighted by Crippen LogP contribution is 2.28. The van der Waals surface area contributed by atoms with Gasteiger partial charge in [-0.15, -0.1) is 4.36 Å². The number of carbonyl (C=O) groups excluding carboxylic acids is 2. The summed E-state index contributed by atoms with van der Waals surface area (Å²) in [4.78, 5) is 25.1. The molecule has 1 aromatic rings. The van der Waals surface area contributed by atoms with Crippen LogP contribution in [-0.4, -0.2) is 45.2 Å². The lowest BCUT2D eigenvalue weighted by molar-refractivity contribution is -0.126. The minimum Gasteiger partial charge on any atom is -0.494 e. The summed E-state index contributed by atoms with van der Waals surface area (Å²) in [5.74, 6) is -0.112. The summed E-state index contributed by atoms with van der Waals surface area (Å²) in [6.07, 6.45) is -0.0537. The number of benzene rings is 1. The maximum absolute atomic E-state index is 12.2. The molecular weight excluding hydrogens is 342 g/mol. The van der Waals surface area contributed by atoms with Crippen LogP contribution < -0.4 is 9.46 Å². The van der Waals surface area contributed by atoms with E-state index in [1.807, 2.05) is 0 Å². The fourth-order valence-corrected chi connectivity index (χ4v) is 2.64. The second-order valence-corrected chi connectivity index (χ2v) is 5.78. The minimum absolute atomic E-state index is 0.0537. The molecule has 0 fully saturated rings. The number of amides is 2. The van der Waals surface area contributed by atoms with E-state index in [4.69, 9.17) is 4.74 Å². The Kier molecular flexibility index (Phi) is 7.72. The molecule has 1 rings (SSSR count). The zero-order chi connectivity index (χ0) is 17.4. The lowest BCUT2D eigenvalue weighted by Crippen LogP contribution is -2.36. The van der Waals surface area contributed by atoms with Gasteiger partial charge >= 0.3 is 15.7 Å². The molecule has 0 aromatic heterocycles. The number of ether oxygens (including phenoxy) is 1. The molecule has 23 heavy (non-hydrogen) atoms. The van der Waals surface area contributed by atoms with E-state index in [1.165, 1.54) is 19.2 Å². The zero-order valence-electron chi connectivity index (χ0n) is 12.9. The molecule has 0 saturated carbocycles. The molecule has 0 spiro atoms. The van der Waals surface area contributed by atoms with Crippen molar-refractivity contribution >= 4 is 39.3 Å².